The lowest BCUT2D eigenvalue weighted by Gasteiger charge is -2.34. The first-order valence-electron chi connectivity index (χ1n) is 6.43. The highest BCUT2D eigenvalue weighted by Crippen LogP contribution is 2.40. The molecule has 0 aromatic heterocycles. The van der Waals surface area contributed by atoms with Gasteiger partial charge in [-0.05, 0) is 6.92 Å². The van der Waals surface area contributed by atoms with E-state index in [1.807, 2.05) is 0 Å². The molecule has 2 N–H and O–H groups in total. The summed E-state index contributed by atoms with van der Waals surface area (Å²) in [4.78, 5) is 48.7. The highest BCUT2D eigenvalue weighted by molar-refractivity contribution is 6.33. The van der Waals surface area contributed by atoms with E-state index in [2.05, 4.69) is 4.99 Å². The van der Waals surface area contributed by atoms with Crippen molar-refractivity contribution >= 4 is 41.1 Å². The van der Waals surface area contributed by atoms with Gasteiger partial charge in [-0.2, -0.15) is 0 Å². The molecule has 126 valence electrons. The summed E-state index contributed by atoms with van der Waals surface area (Å²) in [6, 6.07) is 0.780. The number of nitrogens with zero attached hydrogens (tertiary/aromatic N) is 3. The quantitative estimate of drug-likeness (QED) is 0.624. The predicted octanol–water partition coefficient (Wildman–Crippen LogP) is 2.56. The van der Waals surface area contributed by atoms with E-state index in [4.69, 9.17) is 11.6 Å². The first-order valence-corrected chi connectivity index (χ1v) is 6.81. The van der Waals surface area contributed by atoms with E-state index < -0.39 is 45.7 Å². The van der Waals surface area contributed by atoms with Crippen LogP contribution in [0.25, 0.3) is 0 Å². The van der Waals surface area contributed by atoms with Crippen molar-refractivity contribution in [2.24, 2.45) is 10.9 Å². The molecular formula is C13H10ClN3O7. The zero-order valence-electron chi connectivity index (χ0n) is 12.0. The van der Waals surface area contributed by atoms with Crippen molar-refractivity contribution in [3.05, 3.63) is 38.9 Å². The summed E-state index contributed by atoms with van der Waals surface area (Å²) in [7, 11) is 0. The molecule has 0 saturated heterocycles. The first-order chi connectivity index (χ1) is 11.2. The fraction of sp³-hybridized carbons (Fsp3) is 0.231. The zero-order chi connectivity index (χ0) is 18.2. The largest absolute Gasteiger partial charge is 0.481 e. The lowest BCUT2D eigenvalue weighted by atomic mass is 9.87. The Balaban J connectivity index is 2.75. The maximum absolute atomic E-state index is 11.9. The molecular weight excluding hydrogens is 346 g/mol. The fourth-order valence-corrected chi connectivity index (χ4v) is 2.82. The smallest absolute Gasteiger partial charge is 0.416 e. The molecule has 0 spiro atoms. The Bertz CT molecular complexity index is 792. The molecule has 24 heavy (non-hydrogen) atoms. The fourth-order valence-electron chi connectivity index (χ4n) is 2.51. The monoisotopic (exact) mass is 355 g/mol. The minimum Gasteiger partial charge on any atom is -0.481 e. The van der Waals surface area contributed by atoms with Gasteiger partial charge in [0, 0.05) is 17.3 Å². The minimum absolute atomic E-state index is 0.127. The number of halogens is 1. The molecule has 2 atom stereocenters. The van der Waals surface area contributed by atoms with Gasteiger partial charge >= 0.3 is 18.1 Å². The van der Waals surface area contributed by atoms with Crippen molar-refractivity contribution in [3.8, 4) is 0 Å². The lowest BCUT2D eigenvalue weighted by Crippen LogP contribution is -2.49. The van der Waals surface area contributed by atoms with Gasteiger partial charge in [-0.15, -0.1) is 0 Å². The highest BCUT2D eigenvalue weighted by Gasteiger charge is 2.46. The standard InChI is InChI=1S/C13H10ClN3O7/c1-5-8(11(18)19)10(16(13(21)22)12(20)15-5)6-3-2-4-7(9(6)14)17(23)24/h2-4,8,10H,1H3,(H,18,19)(H,21,22). The summed E-state index contributed by atoms with van der Waals surface area (Å²) in [5.74, 6) is -2.96. The summed E-state index contributed by atoms with van der Waals surface area (Å²) >= 11 is 5.97. The number of imide groups is 1. The van der Waals surface area contributed by atoms with E-state index in [1.165, 1.54) is 19.1 Å². The number of urea groups is 1. The second-order valence-corrected chi connectivity index (χ2v) is 5.26. The van der Waals surface area contributed by atoms with Gasteiger partial charge in [0.2, 0.25) is 0 Å². The summed E-state index contributed by atoms with van der Waals surface area (Å²) in [5.41, 5.74) is -0.822. The van der Waals surface area contributed by atoms with Gasteiger partial charge in [-0.25, -0.2) is 19.5 Å². The van der Waals surface area contributed by atoms with E-state index in [0.717, 1.165) is 6.07 Å². The molecule has 0 aliphatic carbocycles. The van der Waals surface area contributed by atoms with Gasteiger partial charge in [0.05, 0.1) is 11.0 Å². The van der Waals surface area contributed by atoms with Gasteiger partial charge in [-0.1, -0.05) is 23.7 Å². The van der Waals surface area contributed by atoms with Crippen LogP contribution in [0.2, 0.25) is 5.02 Å². The van der Waals surface area contributed by atoms with E-state index in [9.17, 15) is 34.7 Å². The molecule has 1 aliphatic rings. The average molecular weight is 356 g/mol. The number of aliphatic imine (C=N–C) groups is 1. The molecule has 2 rings (SSSR count). The van der Waals surface area contributed by atoms with Crippen LogP contribution in [0.5, 0.6) is 0 Å². The average Bonchev–Trinajstić information content (AvgIpc) is 2.45. The molecule has 11 heteroatoms. The van der Waals surface area contributed by atoms with Crippen LogP contribution in [-0.2, 0) is 4.79 Å². The summed E-state index contributed by atoms with van der Waals surface area (Å²) in [5, 5.41) is 29.2. The van der Waals surface area contributed by atoms with Crippen LogP contribution in [0.3, 0.4) is 0 Å². The number of benzene rings is 1. The third kappa shape index (κ3) is 2.78. The Hall–Kier alpha value is -3.01. The van der Waals surface area contributed by atoms with Gasteiger partial charge in [0.15, 0.2) is 0 Å². The van der Waals surface area contributed by atoms with Crippen LogP contribution >= 0.6 is 11.6 Å². The third-order valence-corrected chi connectivity index (χ3v) is 3.93. The molecule has 1 aromatic carbocycles. The van der Waals surface area contributed by atoms with Crippen molar-refractivity contribution in [2.45, 2.75) is 13.0 Å². The van der Waals surface area contributed by atoms with Crippen LogP contribution in [0, 0.1) is 16.0 Å². The van der Waals surface area contributed by atoms with E-state index in [-0.39, 0.29) is 16.2 Å². The Morgan fingerprint density at radius 3 is 2.50 bits per heavy atom. The molecule has 2 unspecified atom stereocenters. The number of carboxylic acid groups (broad SMARTS) is 2. The normalized spacial score (nSPS) is 20.5. The maximum atomic E-state index is 11.9. The molecule has 10 nitrogen and oxygen atoms in total. The summed E-state index contributed by atoms with van der Waals surface area (Å²) < 4.78 is 0. The molecule has 1 heterocycles. The number of hydrogen-bond donors (Lipinski definition) is 2. The third-order valence-electron chi connectivity index (χ3n) is 3.52. The van der Waals surface area contributed by atoms with Gasteiger partial charge in [0.1, 0.15) is 10.9 Å². The van der Waals surface area contributed by atoms with Crippen LogP contribution in [0.15, 0.2) is 23.2 Å². The number of hydrogen-bond acceptors (Lipinski definition) is 5. The molecule has 0 saturated carbocycles. The predicted molar refractivity (Wildman–Crippen MR) is 80.3 cm³/mol. The summed E-state index contributed by atoms with van der Waals surface area (Å²) in [6.07, 6.45) is -1.74. The number of rotatable bonds is 3. The molecule has 0 bridgehead atoms. The number of nitro groups is 1. The Morgan fingerprint density at radius 2 is 2.00 bits per heavy atom. The number of carbonyl (C=O) groups is 3. The Kier molecular flexibility index (Phi) is 4.51. The number of carbonyl (C=O) groups excluding carboxylic acids is 1. The van der Waals surface area contributed by atoms with Crippen molar-refractivity contribution < 1.29 is 29.5 Å². The summed E-state index contributed by atoms with van der Waals surface area (Å²) in [6.45, 7) is 1.26. The van der Waals surface area contributed by atoms with Crippen molar-refractivity contribution in [2.75, 3.05) is 0 Å². The van der Waals surface area contributed by atoms with E-state index in [1.54, 1.807) is 0 Å². The Morgan fingerprint density at radius 1 is 1.38 bits per heavy atom. The topological polar surface area (TPSA) is 150 Å². The molecule has 1 aromatic rings. The van der Waals surface area contributed by atoms with E-state index >= 15 is 0 Å². The van der Waals surface area contributed by atoms with Gasteiger partial charge < -0.3 is 10.2 Å². The van der Waals surface area contributed by atoms with E-state index in [0.29, 0.717) is 0 Å². The van der Waals surface area contributed by atoms with Crippen LogP contribution in [-0.4, -0.2) is 43.8 Å². The SMILES string of the molecule is CC1=NC(=O)N(C(=O)O)C(c2cccc([N+](=O)[O-])c2Cl)C1C(=O)O. The van der Waals surface area contributed by atoms with Crippen LogP contribution in [0.1, 0.15) is 18.5 Å². The zero-order valence-corrected chi connectivity index (χ0v) is 12.8. The maximum Gasteiger partial charge on any atom is 0.416 e. The van der Waals surface area contributed by atoms with Crippen molar-refractivity contribution in [1.29, 1.82) is 0 Å². The molecule has 3 amide bonds. The molecule has 0 radical (unpaired) electrons. The molecule has 1 aliphatic heterocycles. The highest BCUT2D eigenvalue weighted by atomic mass is 35.5. The minimum atomic E-state index is -1.74. The van der Waals surface area contributed by atoms with Gasteiger partial charge in [-0.3, -0.25) is 14.9 Å². The van der Waals surface area contributed by atoms with Crippen molar-refractivity contribution in [1.82, 2.24) is 4.90 Å². The Labute approximate surface area is 139 Å². The number of carboxylic acids is 1. The second kappa shape index (κ2) is 6.24. The second-order valence-electron chi connectivity index (χ2n) is 4.89. The number of aliphatic carboxylic acids is 1. The first kappa shape index (κ1) is 17.3. The van der Waals surface area contributed by atoms with Crippen LogP contribution in [0.4, 0.5) is 15.3 Å². The molecule has 0 fully saturated rings. The number of nitro benzene ring substituents is 1. The van der Waals surface area contributed by atoms with Crippen molar-refractivity contribution in [3.63, 3.8) is 0 Å². The lowest BCUT2D eigenvalue weighted by molar-refractivity contribution is -0.384. The van der Waals surface area contributed by atoms with Crippen LogP contribution < -0.4 is 0 Å². The number of amides is 3. The van der Waals surface area contributed by atoms with Gasteiger partial charge in [0.25, 0.3) is 5.69 Å².